The van der Waals surface area contributed by atoms with Gasteiger partial charge in [-0.2, -0.15) is 0 Å². The standard InChI is InChI=1S/C17H24O6SSi2/c1-12-15(21-17(24)20-13-9-7-6-8-10-13)16-14(19-12)11-18-25(2,3)23-26(4,5)22-16/h1,6-10,12,14-16H,11H2,2-5H3/t12-,14-,15?,16-/m0/s1. The van der Waals surface area contributed by atoms with Crippen LogP contribution < -0.4 is 4.74 Å². The van der Waals surface area contributed by atoms with Crippen LogP contribution in [0.1, 0.15) is 0 Å². The van der Waals surface area contributed by atoms with Crippen LogP contribution in [-0.2, 0) is 22.4 Å². The topological polar surface area (TPSA) is 55.4 Å². The number of thiocarbonyl (C=S) groups is 1. The molecule has 0 amide bonds. The minimum Gasteiger partial charge on any atom is -0.448 e. The predicted octanol–water partition coefficient (Wildman–Crippen LogP) is 3.05. The summed E-state index contributed by atoms with van der Waals surface area (Å²) in [6, 6.07) is 9.18. The van der Waals surface area contributed by atoms with E-state index in [2.05, 4.69) is 0 Å². The van der Waals surface area contributed by atoms with E-state index in [-0.39, 0.29) is 11.3 Å². The largest absolute Gasteiger partial charge is 0.448 e. The maximum absolute atomic E-state index is 6.30. The van der Waals surface area contributed by atoms with Crippen molar-refractivity contribution >= 4 is 34.6 Å². The van der Waals surface area contributed by atoms with Crippen molar-refractivity contribution in [1.29, 1.82) is 0 Å². The Morgan fingerprint density at radius 1 is 1.15 bits per heavy atom. The minimum atomic E-state index is -2.45. The van der Waals surface area contributed by atoms with Gasteiger partial charge in [0.25, 0.3) is 0 Å². The van der Waals surface area contributed by atoms with Gasteiger partial charge < -0.3 is 27.2 Å². The average Bonchev–Trinajstić information content (AvgIpc) is 2.80. The normalized spacial score (nSPS) is 32.8. The number of hydrogen-bond donors (Lipinski definition) is 0. The van der Waals surface area contributed by atoms with Crippen LogP contribution in [0.15, 0.2) is 30.3 Å². The molecule has 0 aliphatic carbocycles. The van der Waals surface area contributed by atoms with Gasteiger partial charge in [-0.15, -0.1) is 0 Å². The molecule has 3 rings (SSSR count). The van der Waals surface area contributed by atoms with Crippen molar-refractivity contribution < 1.29 is 27.2 Å². The lowest BCUT2D eigenvalue weighted by Gasteiger charge is -2.39. The summed E-state index contributed by atoms with van der Waals surface area (Å²) in [4.78, 5) is 0. The quantitative estimate of drug-likeness (QED) is 0.547. The van der Waals surface area contributed by atoms with Crippen LogP contribution in [0.2, 0.25) is 26.2 Å². The van der Waals surface area contributed by atoms with Gasteiger partial charge in [0.15, 0.2) is 6.10 Å². The van der Waals surface area contributed by atoms with Gasteiger partial charge in [-0.25, -0.2) is 0 Å². The molecule has 4 atom stereocenters. The molecule has 2 heterocycles. The molecule has 0 spiro atoms. The molecule has 142 valence electrons. The lowest BCUT2D eigenvalue weighted by atomic mass is 10.1. The van der Waals surface area contributed by atoms with E-state index in [1.165, 1.54) is 0 Å². The van der Waals surface area contributed by atoms with Crippen molar-refractivity contribution in [3.63, 3.8) is 0 Å². The third-order valence-electron chi connectivity index (χ3n) is 4.03. The van der Waals surface area contributed by atoms with Gasteiger partial charge in [-0.05, 0) is 38.3 Å². The molecular formula is C17H24O6SSi2. The van der Waals surface area contributed by atoms with E-state index in [9.17, 15) is 0 Å². The van der Waals surface area contributed by atoms with Crippen molar-refractivity contribution in [2.75, 3.05) is 6.61 Å². The lowest BCUT2D eigenvalue weighted by molar-refractivity contribution is -0.0251. The fraction of sp³-hybridized carbons (Fsp3) is 0.529. The van der Waals surface area contributed by atoms with E-state index in [1.807, 2.05) is 44.4 Å². The fourth-order valence-corrected chi connectivity index (χ4v) is 10.0. The first-order chi connectivity index (χ1) is 12.2. The minimum absolute atomic E-state index is 0.0254. The maximum atomic E-state index is 6.30. The molecule has 2 aliphatic rings. The Morgan fingerprint density at radius 2 is 1.85 bits per heavy atom. The van der Waals surface area contributed by atoms with Crippen molar-refractivity contribution in [3.8, 4) is 5.75 Å². The summed E-state index contributed by atoms with van der Waals surface area (Å²) in [7, 11) is -4.72. The van der Waals surface area contributed by atoms with E-state index in [0.29, 0.717) is 12.4 Å². The van der Waals surface area contributed by atoms with Gasteiger partial charge in [-0.1, -0.05) is 18.2 Å². The molecule has 0 bridgehead atoms. The fourth-order valence-electron chi connectivity index (χ4n) is 3.14. The molecule has 2 saturated heterocycles. The zero-order valence-electron chi connectivity index (χ0n) is 15.3. The van der Waals surface area contributed by atoms with Crippen molar-refractivity contribution in [3.05, 3.63) is 37.3 Å². The highest BCUT2D eigenvalue weighted by Crippen LogP contribution is 2.33. The highest BCUT2D eigenvalue weighted by atomic mass is 32.1. The van der Waals surface area contributed by atoms with Gasteiger partial charge >= 0.3 is 22.4 Å². The van der Waals surface area contributed by atoms with Gasteiger partial charge in [0, 0.05) is 19.1 Å². The third-order valence-corrected chi connectivity index (χ3v) is 9.84. The summed E-state index contributed by atoms with van der Waals surface area (Å²) in [5.41, 5.74) is 0. The van der Waals surface area contributed by atoms with Crippen LogP contribution in [-0.4, -0.2) is 53.4 Å². The van der Waals surface area contributed by atoms with Crippen LogP contribution in [0.25, 0.3) is 0 Å². The Hall–Kier alpha value is -0.816. The Kier molecular flexibility index (Phi) is 5.88. The van der Waals surface area contributed by atoms with E-state index >= 15 is 0 Å². The Morgan fingerprint density at radius 3 is 2.54 bits per heavy atom. The van der Waals surface area contributed by atoms with E-state index < -0.39 is 35.4 Å². The van der Waals surface area contributed by atoms with Gasteiger partial charge in [0.1, 0.15) is 24.1 Å². The summed E-state index contributed by atoms with van der Waals surface area (Å²) in [6.45, 7) is 14.4. The summed E-state index contributed by atoms with van der Waals surface area (Å²) >= 11 is 5.22. The molecule has 1 unspecified atom stereocenters. The first-order valence-corrected chi connectivity index (χ1v) is 14.6. The molecule has 2 radical (unpaired) electrons. The van der Waals surface area contributed by atoms with E-state index in [1.54, 1.807) is 12.1 Å². The first kappa shape index (κ1) is 19.9. The van der Waals surface area contributed by atoms with Crippen LogP contribution in [0.4, 0.5) is 0 Å². The molecular weight excluding hydrogens is 388 g/mol. The molecule has 26 heavy (non-hydrogen) atoms. The summed E-state index contributed by atoms with van der Waals surface area (Å²) in [5.74, 6) is 0.592. The Balaban J connectivity index is 1.70. The van der Waals surface area contributed by atoms with Crippen LogP contribution >= 0.6 is 12.2 Å². The molecule has 0 aromatic heterocycles. The zero-order valence-corrected chi connectivity index (χ0v) is 18.2. The van der Waals surface area contributed by atoms with E-state index in [4.69, 9.17) is 46.3 Å². The zero-order chi connectivity index (χ0) is 18.9. The summed E-state index contributed by atoms with van der Waals surface area (Å²) < 4.78 is 35.6. The molecule has 0 saturated carbocycles. The number of ether oxygens (including phenoxy) is 3. The highest BCUT2D eigenvalue weighted by Gasteiger charge is 2.52. The molecule has 9 heteroatoms. The summed E-state index contributed by atoms with van der Waals surface area (Å²) in [6.07, 6.45) is -2.07. The second-order valence-corrected chi connectivity index (χ2v) is 14.5. The molecule has 6 nitrogen and oxygen atoms in total. The van der Waals surface area contributed by atoms with Crippen LogP contribution in [0, 0.1) is 6.92 Å². The molecule has 2 aliphatic heterocycles. The van der Waals surface area contributed by atoms with Gasteiger partial charge in [0.05, 0.1) is 6.61 Å². The smallest absolute Gasteiger partial charge is 0.358 e. The SMILES string of the molecule is [CH][C@@H]1O[C@H]2CO[Si](C)(C)O[Si](C)(C)O[C@@H]2C1OC(=S)Oc1ccccc1. The molecule has 0 N–H and O–H groups in total. The second kappa shape index (κ2) is 7.66. The number of rotatable bonds is 2. The second-order valence-electron chi connectivity index (χ2n) is 7.18. The van der Waals surface area contributed by atoms with Crippen molar-refractivity contribution in [2.45, 2.75) is 50.6 Å². The van der Waals surface area contributed by atoms with Gasteiger partial charge in [0.2, 0.25) is 0 Å². The van der Waals surface area contributed by atoms with Gasteiger partial charge in [-0.3, -0.25) is 0 Å². The maximum Gasteiger partial charge on any atom is 0.358 e. The number of benzene rings is 1. The van der Waals surface area contributed by atoms with Crippen molar-refractivity contribution in [1.82, 2.24) is 0 Å². The van der Waals surface area contributed by atoms with Crippen LogP contribution in [0.3, 0.4) is 0 Å². The number of hydrogen-bond acceptors (Lipinski definition) is 7. The monoisotopic (exact) mass is 412 g/mol. The lowest BCUT2D eigenvalue weighted by Crippen LogP contribution is -2.57. The number of fused-ring (bicyclic) bond motifs is 1. The Bertz CT molecular complexity index is 641. The van der Waals surface area contributed by atoms with Crippen LogP contribution in [0.5, 0.6) is 5.75 Å². The highest BCUT2D eigenvalue weighted by molar-refractivity contribution is 7.79. The third kappa shape index (κ3) is 4.91. The van der Waals surface area contributed by atoms with E-state index in [0.717, 1.165) is 0 Å². The summed E-state index contributed by atoms with van der Waals surface area (Å²) in [5, 5.41) is -0.0254. The molecule has 1 aromatic carbocycles. The Labute approximate surface area is 162 Å². The van der Waals surface area contributed by atoms with Crippen molar-refractivity contribution in [2.24, 2.45) is 0 Å². The molecule has 1 aromatic rings. The molecule has 2 fully saturated rings. The number of para-hydroxylation sites is 1. The predicted molar refractivity (Wildman–Crippen MR) is 104 cm³/mol. The average molecular weight is 413 g/mol. The first-order valence-electron chi connectivity index (χ1n) is 8.52.